The monoisotopic (exact) mass is 771 g/mol. The molecule has 1 aromatic heterocycles. The molecule has 0 spiro atoms. The van der Waals surface area contributed by atoms with Crippen LogP contribution in [-0.2, 0) is 5.41 Å². The minimum Gasteiger partial charge on any atom is -0.310 e. The Kier molecular flexibility index (Phi) is 8.43. The molecule has 0 bridgehead atoms. The van der Waals surface area contributed by atoms with Gasteiger partial charge in [-0.2, -0.15) is 0 Å². The van der Waals surface area contributed by atoms with Crippen LogP contribution in [0.1, 0.15) is 25.0 Å². The van der Waals surface area contributed by atoms with Crippen molar-refractivity contribution in [2.24, 2.45) is 0 Å². The fraction of sp³-hybridized carbons (Fsp3) is 0.0526. The van der Waals surface area contributed by atoms with Crippen molar-refractivity contribution in [2.75, 3.05) is 4.90 Å². The SMILES string of the molecule is CC1(C)c2ccccc2-c2ccc(N(c3ccc(-c4cccc5c4sc4ccccc45)cc3)c3cccc(-c4ccccc4)c3-c3ccc(-c4ccccc4)cc3)cc21. The molecular formula is C57H41NS. The van der Waals surface area contributed by atoms with Crippen LogP contribution in [0.5, 0.6) is 0 Å². The van der Waals surface area contributed by atoms with Crippen LogP contribution in [0.15, 0.2) is 212 Å². The molecule has 0 saturated heterocycles. The number of hydrogen-bond acceptors (Lipinski definition) is 2. The fourth-order valence-corrected chi connectivity index (χ4v) is 10.6. The van der Waals surface area contributed by atoms with Gasteiger partial charge < -0.3 is 4.90 Å². The summed E-state index contributed by atoms with van der Waals surface area (Å²) in [6.07, 6.45) is 0. The number of benzene rings is 9. The predicted molar refractivity (Wildman–Crippen MR) is 253 cm³/mol. The van der Waals surface area contributed by atoms with Crippen LogP contribution in [0, 0.1) is 0 Å². The summed E-state index contributed by atoms with van der Waals surface area (Å²) in [7, 11) is 0. The van der Waals surface area contributed by atoms with E-state index >= 15 is 0 Å². The van der Waals surface area contributed by atoms with Crippen molar-refractivity contribution in [3.8, 4) is 55.6 Å². The Balaban J connectivity index is 1.12. The summed E-state index contributed by atoms with van der Waals surface area (Å²) in [5.41, 5.74) is 18.3. The number of rotatable bonds is 7. The molecule has 10 aromatic rings. The highest BCUT2D eigenvalue weighted by Crippen LogP contribution is 2.52. The lowest BCUT2D eigenvalue weighted by atomic mass is 9.82. The molecule has 280 valence electrons. The molecule has 0 saturated carbocycles. The van der Waals surface area contributed by atoms with E-state index in [0.29, 0.717) is 0 Å². The Labute approximate surface area is 350 Å². The van der Waals surface area contributed by atoms with Gasteiger partial charge in [0.05, 0.1) is 5.69 Å². The zero-order chi connectivity index (χ0) is 39.5. The van der Waals surface area contributed by atoms with Crippen LogP contribution >= 0.6 is 11.3 Å². The van der Waals surface area contributed by atoms with Gasteiger partial charge in [0, 0.05) is 42.5 Å². The van der Waals surface area contributed by atoms with E-state index in [4.69, 9.17) is 0 Å². The van der Waals surface area contributed by atoms with Crippen LogP contribution in [0.4, 0.5) is 17.1 Å². The van der Waals surface area contributed by atoms with Crippen molar-refractivity contribution in [3.05, 3.63) is 223 Å². The van der Waals surface area contributed by atoms with Gasteiger partial charge in [0.25, 0.3) is 0 Å². The molecule has 2 heteroatoms. The Morgan fingerprint density at radius 2 is 0.915 bits per heavy atom. The summed E-state index contributed by atoms with van der Waals surface area (Å²) >= 11 is 1.88. The van der Waals surface area contributed by atoms with E-state index in [0.717, 1.165) is 17.1 Å². The van der Waals surface area contributed by atoms with Gasteiger partial charge in [0.2, 0.25) is 0 Å². The maximum atomic E-state index is 2.48. The van der Waals surface area contributed by atoms with Crippen molar-refractivity contribution < 1.29 is 0 Å². The minimum absolute atomic E-state index is 0.137. The summed E-state index contributed by atoms with van der Waals surface area (Å²) in [4.78, 5) is 2.48. The zero-order valence-electron chi connectivity index (χ0n) is 33.1. The van der Waals surface area contributed by atoms with Crippen LogP contribution in [0.25, 0.3) is 75.8 Å². The minimum atomic E-state index is -0.137. The fourth-order valence-electron chi connectivity index (χ4n) is 9.37. The Bertz CT molecular complexity index is 3160. The summed E-state index contributed by atoms with van der Waals surface area (Å²) in [6.45, 7) is 4.73. The first-order valence-electron chi connectivity index (χ1n) is 20.4. The van der Waals surface area contributed by atoms with E-state index in [1.807, 2.05) is 11.3 Å². The summed E-state index contributed by atoms with van der Waals surface area (Å²) in [5, 5.41) is 2.64. The highest BCUT2D eigenvalue weighted by molar-refractivity contribution is 7.26. The summed E-state index contributed by atoms with van der Waals surface area (Å²) in [5.74, 6) is 0. The summed E-state index contributed by atoms with van der Waals surface area (Å²) < 4.78 is 2.65. The molecule has 0 unspecified atom stereocenters. The summed E-state index contributed by atoms with van der Waals surface area (Å²) in [6, 6.07) is 78.1. The maximum absolute atomic E-state index is 2.48. The lowest BCUT2D eigenvalue weighted by Crippen LogP contribution is -2.17. The van der Waals surface area contributed by atoms with Gasteiger partial charge in [-0.3, -0.25) is 0 Å². The number of hydrogen-bond donors (Lipinski definition) is 0. The second-order valence-electron chi connectivity index (χ2n) is 16.1. The zero-order valence-corrected chi connectivity index (χ0v) is 33.9. The largest absolute Gasteiger partial charge is 0.310 e. The van der Waals surface area contributed by atoms with Gasteiger partial charge in [-0.1, -0.05) is 190 Å². The van der Waals surface area contributed by atoms with Gasteiger partial charge in [0.15, 0.2) is 0 Å². The average molecular weight is 772 g/mol. The first-order valence-corrected chi connectivity index (χ1v) is 21.2. The Hall–Kier alpha value is -7.00. The lowest BCUT2D eigenvalue weighted by Gasteiger charge is -2.31. The van der Waals surface area contributed by atoms with E-state index in [-0.39, 0.29) is 5.41 Å². The standard InChI is InChI=1S/C57H41NS/c1-57(2)51-24-11-9-19-47(51)48-36-35-44(37-52(48)57)58(43-33-31-41(32-34-43)46-22-13-23-50-49-20-10-12-26-54(49)59-56(46)50)53-25-14-21-45(40-17-7-4-8-18-40)55(53)42-29-27-39(28-30-42)38-15-5-3-6-16-38/h3-37H,1-2H3. The van der Waals surface area contributed by atoms with Gasteiger partial charge in [0.1, 0.15) is 0 Å². The highest BCUT2D eigenvalue weighted by Gasteiger charge is 2.36. The quantitative estimate of drug-likeness (QED) is 0.156. The average Bonchev–Trinajstić information content (AvgIpc) is 3.79. The van der Waals surface area contributed by atoms with E-state index < -0.39 is 0 Å². The number of thiophene rings is 1. The topological polar surface area (TPSA) is 3.24 Å². The Morgan fingerprint density at radius 3 is 1.71 bits per heavy atom. The second kappa shape index (κ2) is 14.1. The molecular weight excluding hydrogens is 731 g/mol. The van der Waals surface area contributed by atoms with Crippen LogP contribution < -0.4 is 4.90 Å². The van der Waals surface area contributed by atoms with Crippen molar-refractivity contribution in [2.45, 2.75) is 19.3 Å². The first kappa shape index (κ1) is 35.2. The highest BCUT2D eigenvalue weighted by atomic mass is 32.1. The molecule has 0 fully saturated rings. The molecule has 0 radical (unpaired) electrons. The Morgan fingerprint density at radius 1 is 0.373 bits per heavy atom. The van der Waals surface area contributed by atoms with Crippen molar-refractivity contribution in [1.29, 1.82) is 0 Å². The van der Waals surface area contributed by atoms with Crippen molar-refractivity contribution in [3.63, 3.8) is 0 Å². The van der Waals surface area contributed by atoms with Crippen molar-refractivity contribution in [1.82, 2.24) is 0 Å². The third-order valence-electron chi connectivity index (χ3n) is 12.3. The predicted octanol–water partition coefficient (Wildman–Crippen LogP) is 16.5. The number of anilines is 3. The van der Waals surface area contributed by atoms with Crippen molar-refractivity contribution >= 4 is 48.6 Å². The van der Waals surface area contributed by atoms with Crippen LogP contribution in [0.2, 0.25) is 0 Å². The molecule has 1 heterocycles. The van der Waals surface area contributed by atoms with Crippen LogP contribution in [0.3, 0.4) is 0 Å². The van der Waals surface area contributed by atoms with Gasteiger partial charge >= 0.3 is 0 Å². The molecule has 1 nitrogen and oxygen atoms in total. The molecule has 0 amide bonds. The van der Waals surface area contributed by atoms with Gasteiger partial charge in [-0.05, 0) is 97.6 Å². The molecule has 0 N–H and O–H groups in total. The normalized spacial score (nSPS) is 12.7. The van der Waals surface area contributed by atoms with E-state index in [2.05, 4.69) is 231 Å². The molecule has 11 rings (SSSR count). The molecule has 0 aliphatic heterocycles. The molecule has 1 aliphatic rings. The van der Waals surface area contributed by atoms with E-state index in [9.17, 15) is 0 Å². The second-order valence-corrected chi connectivity index (χ2v) is 17.1. The third kappa shape index (κ3) is 5.91. The molecule has 59 heavy (non-hydrogen) atoms. The molecule has 0 atom stereocenters. The van der Waals surface area contributed by atoms with Gasteiger partial charge in [-0.25, -0.2) is 0 Å². The van der Waals surface area contributed by atoms with E-state index in [1.54, 1.807) is 0 Å². The number of nitrogens with zero attached hydrogens (tertiary/aromatic N) is 1. The van der Waals surface area contributed by atoms with E-state index in [1.165, 1.54) is 86.9 Å². The van der Waals surface area contributed by atoms with Crippen LogP contribution in [-0.4, -0.2) is 0 Å². The van der Waals surface area contributed by atoms with Gasteiger partial charge in [-0.15, -0.1) is 11.3 Å². The first-order chi connectivity index (χ1) is 29.0. The smallest absolute Gasteiger partial charge is 0.0546 e. The lowest BCUT2D eigenvalue weighted by molar-refractivity contribution is 0.660. The maximum Gasteiger partial charge on any atom is 0.0546 e. The third-order valence-corrected chi connectivity index (χ3v) is 13.5. The molecule has 9 aromatic carbocycles. The molecule has 1 aliphatic carbocycles. The number of fused-ring (bicyclic) bond motifs is 6.